The van der Waals surface area contributed by atoms with E-state index < -0.39 is 6.10 Å². The minimum Gasteiger partial charge on any atom is -0.457 e. The van der Waals surface area contributed by atoms with Crippen molar-refractivity contribution in [1.29, 1.82) is 0 Å². The molecule has 0 saturated carbocycles. The average Bonchev–Trinajstić information content (AvgIpc) is 3.24. The van der Waals surface area contributed by atoms with E-state index >= 15 is 0 Å². The first-order valence-corrected chi connectivity index (χ1v) is 7.72. The van der Waals surface area contributed by atoms with Crippen molar-refractivity contribution < 1.29 is 14.3 Å². The quantitative estimate of drug-likeness (QED) is 0.794. The standard InChI is InChI=1S/C19H17NO3/c21-18(19-20-8-9-22-19)15-10-13-6-7-17(12-14(13)11-15)23-16-4-2-1-3-5-16/h1-9,12,15,18,21H,10-11H2. The van der Waals surface area contributed by atoms with E-state index in [0.717, 1.165) is 24.3 Å². The molecule has 0 amide bonds. The molecule has 0 bridgehead atoms. The monoisotopic (exact) mass is 307 g/mol. The van der Waals surface area contributed by atoms with Crippen molar-refractivity contribution in [3.05, 3.63) is 78.0 Å². The Bertz CT molecular complexity index is 784. The number of nitrogens with zero attached hydrogens (tertiary/aromatic N) is 1. The van der Waals surface area contributed by atoms with Crippen molar-refractivity contribution in [2.24, 2.45) is 5.92 Å². The minimum atomic E-state index is -0.670. The van der Waals surface area contributed by atoms with Gasteiger partial charge < -0.3 is 14.3 Å². The number of hydrogen-bond acceptors (Lipinski definition) is 4. The van der Waals surface area contributed by atoms with Crippen molar-refractivity contribution >= 4 is 0 Å². The molecule has 1 aliphatic carbocycles. The number of rotatable bonds is 4. The normalized spacial score (nSPS) is 17.7. The van der Waals surface area contributed by atoms with E-state index in [2.05, 4.69) is 17.1 Å². The van der Waals surface area contributed by atoms with Gasteiger partial charge in [-0.15, -0.1) is 0 Å². The summed E-state index contributed by atoms with van der Waals surface area (Å²) < 4.78 is 11.1. The van der Waals surface area contributed by atoms with Gasteiger partial charge in [-0.25, -0.2) is 4.98 Å². The van der Waals surface area contributed by atoms with Crippen LogP contribution in [0, 0.1) is 5.92 Å². The second kappa shape index (κ2) is 5.89. The van der Waals surface area contributed by atoms with Gasteiger partial charge in [-0.2, -0.15) is 0 Å². The highest BCUT2D eigenvalue weighted by molar-refractivity contribution is 5.41. The van der Waals surface area contributed by atoms with Gasteiger partial charge in [0.15, 0.2) is 0 Å². The third-order valence-electron chi connectivity index (χ3n) is 4.27. The van der Waals surface area contributed by atoms with Crippen LogP contribution in [0.4, 0.5) is 0 Å². The lowest BCUT2D eigenvalue weighted by Crippen LogP contribution is -2.13. The van der Waals surface area contributed by atoms with Gasteiger partial charge in [0.25, 0.3) is 0 Å². The molecule has 4 nitrogen and oxygen atoms in total. The van der Waals surface area contributed by atoms with Gasteiger partial charge in [0, 0.05) is 5.92 Å². The lowest BCUT2D eigenvalue weighted by molar-refractivity contribution is 0.0850. The lowest BCUT2D eigenvalue weighted by Gasteiger charge is -2.13. The molecule has 0 fully saturated rings. The first kappa shape index (κ1) is 14.0. The Morgan fingerprint density at radius 2 is 1.87 bits per heavy atom. The van der Waals surface area contributed by atoms with E-state index in [4.69, 9.17) is 9.15 Å². The third kappa shape index (κ3) is 2.85. The fourth-order valence-electron chi connectivity index (χ4n) is 3.12. The number of aromatic nitrogens is 1. The molecule has 0 aliphatic heterocycles. The van der Waals surface area contributed by atoms with E-state index in [-0.39, 0.29) is 5.92 Å². The van der Waals surface area contributed by atoms with Crippen LogP contribution in [0.2, 0.25) is 0 Å². The predicted molar refractivity (Wildman–Crippen MR) is 85.3 cm³/mol. The Labute approximate surface area is 134 Å². The first-order valence-electron chi connectivity index (χ1n) is 7.72. The Hall–Kier alpha value is -2.59. The molecule has 0 radical (unpaired) electrons. The molecule has 1 heterocycles. The van der Waals surface area contributed by atoms with E-state index in [0.29, 0.717) is 5.89 Å². The molecule has 4 heteroatoms. The summed E-state index contributed by atoms with van der Waals surface area (Å²) in [6, 6.07) is 15.8. The summed E-state index contributed by atoms with van der Waals surface area (Å²) in [6.45, 7) is 0. The molecule has 116 valence electrons. The molecule has 1 aromatic heterocycles. The second-order valence-corrected chi connectivity index (χ2v) is 5.83. The fourth-order valence-corrected chi connectivity index (χ4v) is 3.12. The number of aliphatic hydroxyl groups is 1. The maximum Gasteiger partial charge on any atom is 0.223 e. The number of oxazole rings is 1. The lowest BCUT2D eigenvalue weighted by atomic mass is 9.99. The third-order valence-corrected chi connectivity index (χ3v) is 4.27. The maximum absolute atomic E-state index is 10.4. The van der Waals surface area contributed by atoms with Crippen LogP contribution in [0.15, 0.2) is 65.4 Å². The molecule has 4 rings (SSSR count). The molecule has 0 spiro atoms. The number of para-hydroxylation sites is 1. The van der Waals surface area contributed by atoms with Gasteiger partial charge >= 0.3 is 0 Å². The van der Waals surface area contributed by atoms with Gasteiger partial charge in [-0.05, 0) is 48.2 Å². The summed E-state index contributed by atoms with van der Waals surface area (Å²) in [6.07, 6.45) is 4.00. The number of fused-ring (bicyclic) bond motifs is 1. The summed E-state index contributed by atoms with van der Waals surface area (Å²) in [7, 11) is 0. The van der Waals surface area contributed by atoms with Crippen LogP contribution in [-0.2, 0) is 12.8 Å². The molecule has 1 aliphatic rings. The molecule has 1 N–H and O–H groups in total. The van der Waals surface area contributed by atoms with Crippen LogP contribution < -0.4 is 4.74 Å². The van der Waals surface area contributed by atoms with E-state index in [1.165, 1.54) is 17.4 Å². The second-order valence-electron chi connectivity index (χ2n) is 5.83. The van der Waals surface area contributed by atoms with Gasteiger partial charge in [0.05, 0.1) is 6.20 Å². The molecular formula is C19H17NO3. The summed E-state index contributed by atoms with van der Waals surface area (Å²) in [4.78, 5) is 4.06. The van der Waals surface area contributed by atoms with Gasteiger partial charge in [0.1, 0.15) is 23.9 Å². The van der Waals surface area contributed by atoms with Crippen LogP contribution in [0.5, 0.6) is 11.5 Å². The highest BCUT2D eigenvalue weighted by Crippen LogP contribution is 2.37. The Balaban J connectivity index is 1.51. The van der Waals surface area contributed by atoms with Gasteiger partial charge in [0.2, 0.25) is 5.89 Å². The average molecular weight is 307 g/mol. The number of hydrogen-bond donors (Lipinski definition) is 1. The van der Waals surface area contributed by atoms with Crippen LogP contribution in [0.25, 0.3) is 0 Å². The van der Waals surface area contributed by atoms with E-state index in [9.17, 15) is 5.11 Å². The number of aliphatic hydroxyl groups excluding tert-OH is 1. The van der Waals surface area contributed by atoms with Crippen LogP contribution in [0.1, 0.15) is 23.1 Å². The number of ether oxygens (including phenoxy) is 1. The highest BCUT2D eigenvalue weighted by atomic mass is 16.5. The van der Waals surface area contributed by atoms with Gasteiger partial charge in [-0.3, -0.25) is 0 Å². The smallest absolute Gasteiger partial charge is 0.223 e. The maximum atomic E-state index is 10.4. The van der Waals surface area contributed by atoms with Crippen molar-refractivity contribution in [3.63, 3.8) is 0 Å². The zero-order chi connectivity index (χ0) is 15.6. The van der Waals surface area contributed by atoms with Crippen LogP contribution in [-0.4, -0.2) is 10.1 Å². The highest BCUT2D eigenvalue weighted by Gasteiger charge is 2.31. The summed E-state index contributed by atoms with van der Waals surface area (Å²) in [5.41, 5.74) is 2.47. The molecule has 2 unspecified atom stereocenters. The fraction of sp³-hybridized carbons (Fsp3) is 0.211. The number of benzene rings is 2. The summed E-state index contributed by atoms with van der Waals surface area (Å²) in [5, 5.41) is 10.4. The van der Waals surface area contributed by atoms with E-state index in [1.807, 2.05) is 36.4 Å². The SMILES string of the molecule is OC(c1ncco1)C1Cc2ccc(Oc3ccccc3)cc2C1. The zero-order valence-corrected chi connectivity index (χ0v) is 12.6. The topological polar surface area (TPSA) is 55.5 Å². The first-order chi connectivity index (χ1) is 11.3. The Morgan fingerprint density at radius 3 is 2.65 bits per heavy atom. The molecular weight excluding hydrogens is 290 g/mol. The summed E-state index contributed by atoms with van der Waals surface area (Å²) in [5.74, 6) is 2.13. The molecule has 23 heavy (non-hydrogen) atoms. The zero-order valence-electron chi connectivity index (χ0n) is 12.6. The van der Waals surface area contributed by atoms with Gasteiger partial charge in [-0.1, -0.05) is 24.3 Å². The van der Waals surface area contributed by atoms with E-state index in [1.54, 1.807) is 6.20 Å². The molecule has 2 aromatic carbocycles. The minimum absolute atomic E-state index is 0.0932. The van der Waals surface area contributed by atoms with Crippen molar-refractivity contribution in [2.75, 3.05) is 0 Å². The Morgan fingerprint density at radius 1 is 1.04 bits per heavy atom. The largest absolute Gasteiger partial charge is 0.457 e. The molecule has 0 saturated heterocycles. The molecule has 2 atom stereocenters. The van der Waals surface area contributed by atoms with Crippen molar-refractivity contribution in [1.82, 2.24) is 4.98 Å². The van der Waals surface area contributed by atoms with Crippen molar-refractivity contribution in [3.8, 4) is 11.5 Å². The summed E-state index contributed by atoms with van der Waals surface area (Å²) >= 11 is 0. The Kier molecular flexibility index (Phi) is 3.60. The van der Waals surface area contributed by atoms with Crippen LogP contribution in [0.3, 0.4) is 0 Å². The molecule has 3 aromatic rings. The van der Waals surface area contributed by atoms with Crippen LogP contribution >= 0.6 is 0 Å². The predicted octanol–water partition coefficient (Wildman–Crippen LogP) is 3.92. The van der Waals surface area contributed by atoms with Crippen molar-refractivity contribution in [2.45, 2.75) is 18.9 Å².